The number of hydrogen-bond donors (Lipinski definition) is 0. The molecule has 0 aliphatic rings. The van der Waals surface area contributed by atoms with E-state index in [4.69, 9.17) is 27.9 Å². The zero-order valence-corrected chi connectivity index (χ0v) is 9.56. The Morgan fingerprint density at radius 1 is 1.36 bits per heavy atom. The van der Waals surface area contributed by atoms with Gasteiger partial charge in [0.15, 0.2) is 0 Å². The van der Waals surface area contributed by atoms with Crippen LogP contribution in [-0.4, -0.2) is 19.6 Å². The van der Waals surface area contributed by atoms with Gasteiger partial charge in [-0.15, -0.1) is 0 Å². The van der Waals surface area contributed by atoms with E-state index in [9.17, 15) is 0 Å². The number of halogens is 2. The van der Waals surface area contributed by atoms with Gasteiger partial charge in [0, 0.05) is 12.6 Å². The Morgan fingerprint density at radius 2 is 2.07 bits per heavy atom. The molecule has 1 aromatic rings. The van der Waals surface area contributed by atoms with E-state index < -0.39 is 0 Å². The van der Waals surface area contributed by atoms with Crippen molar-refractivity contribution in [2.24, 2.45) is 4.99 Å². The third-order valence-electron chi connectivity index (χ3n) is 1.65. The van der Waals surface area contributed by atoms with Crippen LogP contribution < -0.4 is 0 Å². The quantitative estimate of drug-likeness (QED) is 0.565. The summed E-state index contributed by atoms with van der Waals surface area (Å²) in [7, 11) is 1.67. The van der Waals surface area contributed by atoms with Gasteiger partial charge >= 0.3 is 0 Å². The van der Waals surface area contributed by atoms with E-state index in [2.05, 4.69) is 4.99 Å². The second kappa shape index (κ2) is 5.23. The van der Waals surface area contributed by atoms with E-state index in [0.717, 1.165) is 5.56 Å². The molecule has 1 rings (SSSR count). The first-order chi connectivity index (χ1) is 6.69. The Bertz CT molecular complexity index is 350. The highest BCUT2D eigenvalue weighted by Crippen LogP contribution is 2.23. The van der Waals surface area contributed by atoms with Crippen LogP contribution in [0.3, 0.4) is 0 Å². The summed E-state index contributed by atoms with van der Waals surface area (Å²) in [6.45, 7) is 2.48. The van der Waals surface area contributed by atoms with Crippen LogP contribution in [0.1, 0.15) is 12.5 Å². The first kappa shape index (κ1) is 11.3. The maximum absolute atomic E-state index is 5.87. The van der Waals surface area contributed by atoms with Crippen LogP contribution in [0.25, 0.3) is 0 Å². The molecule has 0 saturated carbocycles. The molecule has 76 valence electrons. The van der Waals surface area contributed by atoms with Gasteiger partial charge in [-0.3, -0.25) is 4.99 Å². The number of rotatable bonds is 2. The fourth-order valence-corrected chi connectivity index (χ4v) is 1.34. The lowest BCUT2D eigenvalue weighted by atomic mass is 10.2. The molecular formula is C10H11Cl2NO. The Hall–Kier alpha value is -0.730. The van der Waals surface area contributed by atoms with Crippen molar-refractivity contribution in [1.82, 2.24) is 0 Å². The Balaban J connectivity index is 3.00. The van der Waals surface area contributed by atoms with Gasteiger partial charge in [-0.1, -0.05) is 23.2 Å². The second-order valence-electron chi connectivity index (χ2n) is 2.59. The van der Waals surface area contributed by atoms with Crippen molar-refractivity contribution >= 4 is 29.1 Å². The van der Waals surface area contributed by atoms with Crippen molar-refractivity contribution in [1.29, 1.82) is 0 Å². The van der Waals surface area contributed by atoms with E-state index in [-0.39, 0.29) is 0 Å². The predicted octanol–water partition coefficient (Wildman–Crippen LogP) is 3.41. The fraction of sp³-hybridized carbons (Fsp3) is 0.300. The van der Waals surface area contributed by atoms with Crippen molar-refractivity contribution in [3.63, 3.8) is 0 Å². The van der Waals surface area contributed by atoms with Gasteiger partial charge in [-0.2, -0.15) is 0 Å². The van der Waals surface area contributed by atoms with Crippen molar-refractivity contribution < 1.29 is 4.74 Å². The van der Waals surface area contributed by atoms with Gasteiger partial charge in [-0.05, 0) is 25.1 Å². The highest BCUT2D eigenvalue weighted by molar-refractivity contribution is 6.42. The van der Waals surface area contributed by atoms with Crippen molar-refractivity contribution in [3.8, 4) is 0 Å². The Kier molecular flexibility index (Phi) is 4.23. The average molecular weight is 232 g/mol. The molecule has 0 saturated heterocycles. The number of benzene rings is 1. The SMILES string of the molecule is CCOC(=NC)c1ccc(Cl)c(Cl)c1. The summed E-state index contributed by atoms with van der Waals surface area (Å²) in [6.07, 6.45) is 0. The van der Waals surface area contributed by atoms with Crippen LogP contribution in [0.5, 0.6) is 0 Å². The van der Waals surface area contributed by atoms with Gasteiger partial charge in [0.1, 0.15) is 0 Å². The molecule has 0 unspecified atom stereocenters. The molecule has 4 heteroatoms. The zero-order valence-electron chi connectivity index (χ0n) is 8.05. The van der Waals surface area contributed by atoms with Crippen molar-refractivity contribution in [2.45, 2.75) is 6.92 Å². The Labute approximate surface area is 93.5 Å². The molecule has 0 bridgehead atoms. The first-order valence-corrected chi connectivity index (χ1v) is 4.99. The van der Waals surface area contributed by atoms with E-state index in [1.54, 1.807) is 19.2 Å². The van der Waals surface area contributed by atoms with Crippen LogP contribution >= 0.6 is 23.2 Å². The monoisotopic (exact) mass is 231 g/mol. The highest BCUT2D eigenvalue weighted by Gasteiger charge is 2.05. The van der Waals surface area contributed by atoms with Crippen molar-refractivity contribution in [2.75, 3.05) is 13.7 Å². The minimum absolute atomic E-state index is 0.505. The summed E-state index contributed by atoms with van der Waals surface area (Å²) in [4.78, 5) is 4.01. The molecule has 0 aliphatic carbocycles. The molecule has 0 radical (unpaired) electrons. The molecule has 0 amide bonds. The third-order valence-corrected chi connectivity index (χ3v) is 2.39. The number of ether oxygens (including phenoxy) is 1. The predicted molar refractivity (Wildman–Crippen MR) is 60.5 cm³/mol. The summed E-state index contributed by atoms with van der Waals surface area (Å²) in [5.74, 6) is 0.575. The Morgan fingerprint density at radius 3 is 2.57 bits per heavy atom. The third kappa shape index (κ3) is 2.63. The lowest BCUT2D eigenvalue weighted by molar-refractivity contribution is 0.328. The number of nitrogens with zero attached hydrogens (tertiary/aromatic N) is 1. The molecular weight excluding hydrogens is 221 g/mol. The molecule has 2 nitrogen and oxygen atoms in total. The van der Waals surface area contributed by atoms with Crippen LogP contribution in [0, 0.1) is 0 Å². The topological polar surface area (TPSA) is 21.6 Å². The molecule has 0 heterocycles. The minimum Gasteiger partial charge on any atom is -0.478 e. The van der Waals surface area contributed by atoms with Gasteiger partial charge in [0.05, 0.1) is 16.7 Å². The molecule has 0 aromatic heterocycles. The van der Waals surface area contributed by atoms with Crippen molar-refractivity contribution in [3.05, 3.63) is 33.8 Å². The maximum atomic E-state index is 5.87. The molecule has 0 aliphatic heterocycles. The fourth-order valence-electron chi connectivity index (χ4n) is 1.04. The molecule has 1 aromatic carbocycles. The minimum atomic E-state index is 0.505. The normalized spacial score (nSPS) is 11.6. The molecule has 0 atom stereocenters. The maximum Gasteiger partial charge on any atom is 0.215 e. The summed E-state index contributed by atoms with van der Waals surface area (Å²) >= 11 is 11.7. The number of hydrogen-bond acceptors (Lipinski definition) is 2. The summed E-state index contributed by atoms with van der Waals surface area (Å²) < 4.78 is 5.32. The largest absolute Gasteiger partial charge is 0.478 e. The van der Waals surface area contributed by atoms with Gasteiger partial charge < -0.3 is 4.74 Å². The number of aliphatic imine (C=N–C) groups is 1. The molecule has 0 N–H and O–H groups in total. The smallest absolute Gasteiger partial charge is 0.215 e. The van der Waals surface area contributed by atoms with Crippen LogP contribution in [-0.2, 0) is 4.74 Å². The van der Waals surface area contributed by atoms with E-state index in [1.807, 2.05) is 13.0 Å². The highest BCUT2D eigenvalue weighted by atomic mass is 35.5. The van der Waals surface area contributed by atoms with E-state index in [1.165, 1.54) is 0 Å². The van der Waals surface area contributed by atoms with Crippen LogP contribution in [0.15, 0.2) is 23.2 Å². The standard InChI is InChI=1S/C10H11Cl2NO/c1-3-14-10(13-2)7-4-5-8(11)9(12)6-7/h4-6H,3H2,1-2H3. The lowest BCUT2D eigenvalue weighted by Crippen LogP contribution is -2.06. The summed E-state index contributed by atoms with van der Waals surface area (Å²) in [6, 6.07) is 5.29. The zero-order chi connectivity index (χ0) is 10.6. The van der Waals surface area contributed by atoms with E-state index >= 15 is 0 Å². The average Bonchev–Trinajstić information content (AvgIpc) is 2.19. The van der Waals surface area contributed by atoms with Gasteiger partial charge in [0.2, 0.25) is 5.90 Å². The van der Waals surface area contributed by atoms with E-state index in [0.29, 0.717) is 22.5 Å². The molecule has 14 heavy (non-hydrogen) atoms. The lowest BCUT2D eigenvalue weighted by Gasteiger charge is -2.07. The first-order valence-electron chi connectivity index (χ1n) is 4.24. The van der Waals surface area contributed by atoms with Crippen LogP contribution in [0.2, 0.25) is 10.0 Å². The summed E-state index contributed by atoms with van der Waals surface area (Å²) in [5, 5.41) is 1.03. The second-order valence-corrected chi connectivity index (χ2v) is 3.41. The van der Waals surface area contributed by atoms with Gasteiger partial charge in [0.25, 0.3) is 0 Å². The molecule has 0 spiro atoms. The van der Waals surface area contributed by atoms with Gasteiger partial charge in [-0.25, -0.2) is 0 Å². The molecule has 0 fully saturated rings. The van der Waals surface area contributed by atoms with Crippen LogP contribution in [0.4, 0.5) is 0 Å². The summed E-state index contributed by atoms with van der Waals surface area (Å²) in [5.41, 5.74) is 0.837.